The van der Waals surface area contributed by atoms with Crippen molar-refractivity contribution in [1.29, 1.82) is 0 Å². The van der Waals surface area contributed by atoms with Gasteiger partial charge in [-0.2, -0.15) is 0 Å². The minimum absolute atomic E-state index is 0.00921. The smallest absolute Gasteiger partial charge is 0.243 e. The lowest BCUT2D eigenvalue weighted by atomic mass is 10.0. The molecular weight excluding hydrogens is 420 g/mol. The van der Waals surface area contributed by atoms with E-state index in [0.29, 0.717) is 38.3 Å². The summed E-state index contributed by atoms with van der Waals surface area (Å²) in [7, 11) is 0. The first-order chi connectivity index (χ1) is 16.4. The molecule has 1 N–H and O–H groups in total. The highest BCUT2D eigenvalue weighted by Crippen LogP contribution is 2.17. The molecule has 0 fully saturated rings. The Morgan fingerprint density at radius 3 is 1.97 bits per heavy atom. The zero-order valence-electron chi connectivity index (χ0n) is 20.5. The lowest BCUT2D eigenvalue weighted by molar-refractivity contribution is -0.141. The normalized spacial score (nSPS) is 11.8. The van der Waals surface area contributed by atoms with Gasteiger partial charge in [0.05, 0.1) is 0 Å². The Morgan fingerprint density at radius 2 is 1.38 bits per heavy atom. The third-order valence-corrected chi connectivity index (χ3v) is 5.90. The van der Waals surface area contributed by atoms with Crippen molar-refractivity contribution in [3.63, 3.8) is 0 Å². The Morgan fingerprint density at radius 1 is 0.794 bits per heavy atom. The number of benzene rings is 3. The number of hydrogen-bond acceptors (Lipinski definition) is 2. The molecule has 3 rings (SSSR count). The van der Waals surface area contributed by atoms with Gasteiger partial charge in [0.15, 0.2) is 0 Å². The second-order valence-electron chi connectivity index (χ2n) is 9.34. The number of nitrogens with one attached hydrogen (secondary N) is 1. The van der Waals surface area contributed by atoms with Gasteiger partial charge in [-0.15, -0.1) is 0 Å². The van der Waals surface area contributed by atoms with Gasteiger partial charge in [-0.05, 0) is 36.0 Å². The van der Waals surface area contributed by atoms with Crippen LogP contribution in [0.5, 0.6) is 0 Å². The van der Waals surface area contributed by atoms with Crippen LogP contribution in [0.2, 0.25) is 0 Å². The van der Waals surface area contributed by atoms with Crippen molar-refractivity contribution in [2.24, 2.45) is 5.92 Å². The van der Waals surface area contributed by atoms with Crippen molar-refractivity contribution in [2.75, 3.05) is 6.54 Å². The van der Waals surface area contributed by atoms with E-state index in [-0.39, 0.29) is 11.8 Å². The highest BCUT2D eigenvalue weighted by Gasteiger charge is 2.30. The van der Waals surface area contributed by atoms with Crippen molar-refractivity contribution < 1.29 is 9.59 Å². The van der Waals surface area contributed by atoms with Crippen molar-refractivity contribution in [2.45, 2.75) is 52.6 Å². The van der Waals surface area contributed by atoms with Crippen LogP contribution in [0, 0.1) is 12.8 Å². The first-order valence-corrected chi connectivity index (χ1v) is 12.1. The van der Waals surface area contributed by atoms with E-state index in [0.717, 1.165) is 16.7 Å². The summed E-state index contributed by atoms with van der Waals surface area (Å²) in [4.78, 5) is 28.8. The van der Waals surface area contributed by atoms with Crippen molar-refractivity contribution >= 4 is 11.8 Å². The van der Waals surface area contributed by atoms with Crippen LogP contribution < -0.4 is 5.32 Å². The summed E-state index contributed by atoms with van der Waals surface area (Å²) in [5.74, 6) is 0.225. The Hall–Kier alpha value is -3.40. The molecule has 0 heterocycles. The van der Waals surface area contributed by atoms with E-state index in [9.17, 15) is 9.59 Å². The summed E-state index contributed by atoms with van der Waals surface area (Å²) in [5, 5.41) is 3.07. The maximum Gasteiger partial charge on any atom is 0.243 e. The summed E-state index contributed by atoms with van der Waals surface area (Å²) in [6.07, 6.45) is 1.49. The topological polar surface area (TPSA) is 49.4 Å². The molecule has 0 aliphatic rings. The summed E-state index contributed by atoms with van der Waals surface area (Å²) in [6.45, 7) is 7.18. The van der Waals surface area contributed by atoms with Crippen molar-refractivity contribution in [3.8, 4) is 0 Å². The highest BCUT2D eigenvalue weighted by molar-refractivity contribution is 5.88. The molecule has 3 aromatic rings. The van der Waals surface area contributed by atoms with Crippen LogP contribution in [0.3, 0.4) is 0 Å². The van der Waals surface area contributed by atoms with E-state index >= 15 is 0 Å². The Balaban J connectivity index is 1.88. The average Bonchev–Trinajstić information content (AvgIpc) is 2.85. The second-order valence-corrected chi connectivity index (χ2v) is 9.34. The van der Waals surface area contributed by atoms with Crippen LogP contribution in [0.15, 0.2) is 84.9 Å². The third kappa shape index (κ3) is 7.87. The van der Waals surface area contributed by atoms with Gasteiger partial charge in [0.2, 0.25) is 11.8 Å². The molecule has 2 amide bonds. The number of nitrogens with zero attached hydrogens (tertiary/aromatic N) is 1. The van der Waals surface area contributed by atoms with Crippen LogP contribution in [0.4, 0.5) is 0 Å². The molecule has 0 radical (unpaired) electrons. The first-order valence-electron chi connectivity index (χ1n) is 12.1. The zero-order chi connectivity index (χ0) is 24.3. The highest BCUT2D eigenvalue weighted by atomic mass is 16.2. The van der Waals surface area contributed by atoms with Gasteiger partial charge in [-0.1, -0.05) is 104 Å². The first kappa shape index (κ1) is 25.2. The molecule has 0 saturated carbocycles. The van der Waals surface area contributed by atoms with Gasteiger partial charge in [0.25, 0.3) is 0 Å². The van der Waals surface area contributed by atoms with Crippen LogP contribution in [-0.4, -0.2) is 29.3 Å². The molecule has 4 nitrogen and oxygen atoms in total. The monoisotopic (exact) mass is 456 g/mol. The molecule has 0 aliphatic heterocycles. The lowest BCUT2D eigenvalue weighted by Crippen LogP contribution is -2.51. The SMILES string of the molecule is Cc1ccc(CN(C(=O)CCc2ccccc2)[C@H](Cc2ccccc2)C(=O)NCC(C)C)cc1. The summed E-state index contributed by atoms with van der Waals surface area (Å²) in [5.41, 5.74) is 4.35. The van der Waals surface area contributed by atoms with Crippen LogP contribution >= 0.6 is 0 Å². The van der Waals surface area contributed by atoms with E-state index in [2.05, 4.69) is 19.2 Å². The van der Waals surface area contributed by atoms with Gasteiger partial charge in [-0.3, -0.25) is 9.59 Å². The minimum atomic E-state index is -0.578. The van der Waals surface area contributed by atoms with E-state index in [1.807, 2.05) is 91.9 Å². The van der Waals surface area contributed by atoms with E-state index in [1.54, 1.807) is 4.90 Å². The van der Waals surface area contributed by atoms with Crippen LogP contribution in [0.25, 0.3) is 0 Å². The van der Waals surface area contributed by atoms with Gasteiger partial charge in [0.1, 0.15) is 6.04 Å². The number of hydrogen-bond donors (Lipinski definition) is 1. The number of carbonyl (C=O) groups is 2. The number of rotatable bonds is 11. The molecule has 0 bridgehead atoms. The van der Waals surface area contributed by atoms with Gasteiger partial charge in [-0.25, -0.2) is 0 Å². The quantitative estimate of drug-likeness (QED) is 0.423. The Labute approximate surface area is 204 Å². The fourth-order valence-corrected chi connectivity index (χ4v) is 3.91. The molecule has 4 heteroatoms. The van der Waals surface area contributed by atoms with Gasteiger partial charge >= 0.3 is 0 Å². The average molecular weight is 457 g/mol. The van der Waals surface area contributed by atoms with Crippen LogP contribution in [-0.2, 0) is 29.0 Å². The third-order valence-electron chi connectivity index (χ3n) is 5.90. The summed E-state index contributed by atoms with van der Waals surface area (Å²) >= 11 is 0. The Bertz CT molecular complexity index is 1030. The van der Waals surface area contributed by atoms with Crippen molar-refractivity contribution in [3.05, 3.63) is 107 Å². The second kappa shape index (κ2) is 12.7. The molecule has 34 heavy (non-hydrogen) atoms. The molecule has 3 aromatic carbocycles. The molecular formula is C30H36N2O2. The molecule has 178 valence electrons. The largest absolute Gasteiger partial charge is 0.354 e. The number of aryl methyl sites for hydroxylation is 2. The predicted molar refractivity (Wildman–Crippen MR) is 138 cm³/mol. The molecule has 0 spiro atoms. The molecule has 0 unspecified atom stereocenters. The molecule has 1 atom stereocenters. The summed E-state index contributed by atoms with van der Waals surface area (Å²) < 4.78 is 0. The molecule has 0 aromatic heterocycles. The molecule has 0 aliphatic carbocycles. The Kier molecular flexibility index (Phi) is 9.45. The van der Waals surface area contributed by atoms with E-state index in [4.69, 9.17) is 0 Å². The number of amides is 2. The predicted octanol–water partition coefficient (Wildman–Crippen LogP) is 5.34. The maximum atomic E-state index is 13.6. The maximum absolute atomic E-state index is 13.6. The number of carbonyl (C=O) groups excluding carboxylic acids is 2. The minimum Gasteiger partial charge on any atom is -0.354 e. The lowest BCUT2D eigenvalue weighted by Gasteiger charge is -2.32. The fraction of sp³-hybridized carbons (Fsp3) is 0.333. The molecule has 0 saturated heterocycles. The van der Waals surface area contributed by atoms with Gasteiger partial charge < -0.3 is 10.2 Å². The standard InChI is InChI=1S/C30H36N2O2/c1-23(2)21-31-30(34)28(20-26-12-8-5-9-13-26)32(22-27-16-14-24(3)15-17-27)29(33)19-18-25-10-6-4-7-11-25/h4-17,23,28H,18-22H2,1-3H3,(H,31,34)/t28-/m1/s1. The fourth-order valence-electron chi connectivity index (χ4n) is 3.91. The zero-order valence-corrected chi connectivity index (χ0v) is 20.5. The van der Waals surface area contributed by atoms with E-state index in [1.165, 1.54) is 5.56 Å². The van der Waals surface area contributed by atoms with E-state index < -0.39 is 6.04 Å². The summed E-state index contributed by atoms with van der Waals surface area (Å²) in [6, 6.07) is 27.6. The van der Waals surface area contributed by atoms with Gasteiger partial charge in [0, 0.05) is 25.9 Å². The van der Waals surface area contributed by atoms with Crippen LogP contribution in [0.1, 0.15) is 42.5 Å². The van der Waals surface area contributed by atoms with Crippen molar-refractivity contribution in [1.82, 2.24) is 10.2 Å².